The fourth-order valence-corrected chi connectivity index (χ4v) is 3.43. The van der Waals surface area contributed by atoms with Crippen LogP contribution in [0.4, 0.5) is 5.69 Å². The van der Waals surface area contributed by atoms with Gasteiger partial charge in [0, 0.05) is 28.7 Å². The van der Waals surface area contributed by atoms with Crippen molar-refractivity contribution in [1.82, 2.24) is 0 Å². The Bertz CT molecular complexity index is 537. The van der Waals surface area contributed by atoms with Crippen molar-refractivity contribution in [2.24, 2.45) is 0 Å². The molecule has 0 saturated heterocycles. The number of Topliss-reactive ketones (excluding diaryl/α,β-unsaturated/α-hetero) is 1. The topological polar surface area (TPSA) is 20.3 Å². The molecule has 0 bridgehead atoms. The van der Waals surface area contributed by atoms with Crippen LogP contribution in [0.3, 0.4) is 0 Å². The maximum absolute atomic E-state index is 12.2. The molecule has 1 heterocycles. The number of nitrogens with zero attached hydrogens (tertiary/aromatic N) is 1. The highest BCUT2D eigenvalue weighted by molar-refractivity contribution is 9.10. The fraction of sp³-hybridized carbons (Fsp3) is 0.571. The van der Waals surface area contributed by atoms with Gasteiger partial charge in [0.15, 0.2) is 5.78 Å². The third-order valence-corrected chi connectivity index (χ3v) is 4.38. The second-order valence-corrected chi connectivity index (χ2v) is 6.34. The molecule has 1 aromatic carbocycles. The van der Waals surface area contributed by atoms with Gasteiger partial charge in [-0.1, -0.05) is 47.6 Å². The Labute approximate surface area is 157 Å². The number of fused-ring (bicyclic) bond motifs is 1. The number of anilines is 1. The summed E-state index contributed by atoms with van der Waals surface area (Å²) < 4.78 is 1.01. The molecule has 136 valence electrons. The summed E-state index contributed by atoms with van der Waals surface area (Å²) in [5, 5.41) is 0. The molecular weight excluding hydrogens is 362 g/mol. The molecule has 0 saturated carbocycles. The van der Waals surface area contributed by atoms with Gasteiger partial charge in [-0.3, -0.25) is 4.79 Å². The number of halogens is 1. The molecule has 1 aromatic rings. The molecule has 0 atom stereocenters. The number of ketones is 1. The van der Waals surface area contributed by atoms with Crippen LogP contribution in [0, 0.1) is 0 Å². The lowest BCUT2D eigenvalue weighted by Crippen LogP contribution is -2.27. The monoisotopic (exact) mass is 395 g/mol. The van der Waals surface area contributed by atoms with Gasteiger partial charge < -0.3 is 4.90 Å². The summed E-state index contributed by atoms with van der Waals surface area (Å²) in [6.07, 6.45) is 4.81. The number of rotatable bonds is 5. The summed E-state index contributed by atoms with van der Waals surface area (Å²) in [5.74, 6) is 0.253. The summed E-state index contributed by atoms with van der Waals surface area (Å²) in [6.45, 7) is 17.2. The number of allylic oxidation sites excluding steroid dienone is 1. The second-order valence-electron chi connectivity index (χ2n) is 5.48. The van der Waals surface area contributed by atoms with Crippen LogP contribution in [0.1, 0.15) is 83.1 Å². The van der Waals surface area contributed by atoms with Crippen LogP contribution >= 0.6 is 15.9 Å². The van der Waals surface area contributed by atoms with Crippen molar-refractivity contribution < 1.29 is 4.79 Å². The van der Waals surface area contributed by atoms with Gasteiger partial charge in [0.25, 0.3) is 0 Å². The predicted octanol–water partition coefficient (Wildman–Crippen LogP) is 7.16. The average Bonchev–Trinajstić information content (AvgIpc) is 2.62. The first kappa shape index (κ1) is 22.9. The van der Waals surface area contributed by atoms with E-state index in [4.69, 9.17) is 0 Å². The summed E-state index contributed by atoms with van der Waals surface area (Å²) in [6, 6.07) is 4.05. The molecule has 0 spiro atoms. The maximum Gasteiger partial charge on any atom is 0.162 e. The van der Waals surface area contributed by atoms with Crippen LogP contribution in [0.15, 0.2) is 28.9 Å². The molecule has 0 N–H and O–H groups in total. The van der Waals surface area contributed by atoms with E-state index in [0.29, 0.717) is 6.42 Å². The minimum atomic E-state index is 0.253. The molecule has 0 aliphatic carbocycles. The normalized spacial score (nSPS) is 12.2. The molecule has 0 fully saturated rings. The maximum atomic E-state index is 12.2. The Balaban J connectivity index is 0.00000123. The molecule has 1 aliphatic heterocycles. The van der Waals surface area contributed by atoms with Crippen LogP contribution in [-0.2, 0) is 6.42 Å². The van der Waals surface area contributed by atoms with Crippen molar-refractivity contribution in [3.63, 3.8) is 0 Å². The molecular formula is C21H34BrNO. The molecule has 2 nitrogen and oxygen atoms in total. The summed E-state index contributed by atoms with van der Waals surface area (Å²) in [4.78, 5) is 14.4. The summed E-state index contributed by atoms with van der Waals surface area (Å²) in [7, 11) is 0. The van der Waals surface area contributed by atoms with Gasteiger partial charge in [-0.15, -0.1) is 0 Å². The van der Waals surface area contributed by atoms with E-state index < -0.39 is 0 Å². The van der Waals surface area contributed by atoms with E-state index in [2.05, 4.69) is 40.4 Å². The van der Waals surface area contributed by atoms with Crippen molar-refractivity contribution in [2.75, 3.05) is 11.4 Å². The van der Waals surface area contributed by atoms with E-state index >= 15 is 0 Å². The zero-order chi connectivity index (χ0) is 18.7. The number of hydrogen-bond donors (Lipinski definition) is 0. The van der Waals surface area contributed by atoms with Gasteiger partial charge in [0.1, 0.15) is 0 Å². The van der Waals surface area contributed by atoms with Crippen LogP contribution in [0.2, 0.25) is 0 Å². The molecule has 3 heteroatoms. The quantitative estimate of drug-likeness (QED) is 0.492. The SMILES string of the molecule is C=C(C)N1CCCc2cc(C(=O)CCCC)cc(Br)c21.CC.CC. The van der Waals surface area contributed by atoms with Crippen molar-refractivity contribution >= 4 is 27.4 Å². The lowest BCUT2D eigenvalue weighted by Gasteiger charge is -2.32. The van der Waals surface area contributed by atoms with Crippen molar-refractivity contribution in [1.29, 1.82) is 0 Å². The first-order chi connectivity index (χ1) is 11.5. The van der Waals surface area contributed by atoms with E-state index in [9.17, 15) is 4.79 Å². The zero-order valence-corrected chi connectivity index (χ0v) is 17.9. The standard InChI is InChI=1S/C17H22BrNO.2C2H6/c1-4-5-8-16(20)14-10-13-7-6-9-19(12(2)3)17(13)15(18)11-14;2*1-2/h10-11H,2,4-9H2,1,3H3;2*1-2H3. The number of benzene rings is 1. The van der Waals surface area contributed by atoms with Crippen LogP contribution in [0.5, 0.6) is 0 Å². The highest BCUT2D eigenvalue weighted by Crippen LogP contribution is 2.37. The van der Waals surface area contributed by atoms with Gasteiger partial charge in [-0.2, -0.15) is 0 Å². The first-order valence-electron chi connectivity index (χ1n) is 9.33. The Morgan fingerprint density at radius 1 is 1.25 bits per heavy atom. The van der Waals surface area contributed by atoms with Crippen LogP contribution < -0.4 is 4.90 Å². The van der Waals surface area contributed by atoms with Gasteiger partial charge in [0.05, 0.1) is 5.69 Å². The van der Waals surface area contributed by atoms with E-state index in [1.54, 1.807) is 0 Å². The van der Waals surface area contributed by atoms with Gasteiger partial charge in [0.2, 0.25) is 0 Å². The van der Waals surface area contributed by atoms with Crippen LogP contribution in [-0.4, -0.2) is 12.3 Å². The largest absolute Gasteiger partial charge is 0.345 e. The van der Waals surface area contributed by atoms with E-state index in [-0.39, 0.29) is 5.78 Å². The lowest BCUT2D eigenvalue weighted by atomic mass is 9.96. The molecule has 0 amide bonds. The minimum absolute atomic E-state index is 0.253. The Morgan fingerprint density at radius 3 is 2.42 bits per heavy atom. The Morgan fingerprint density at radius 2 is 1.88 bits per heavy atom. The van der Waals surface area contributed by atoms with E-state index in [1.165, 1.54) is 11.3 Å². The molecule has 1 aliphatic rings. The molecule has 0 aromatic heterocycles. The number of aryl methyl sites for hydroxylation is 1. The van der Waals surface area contributed by atoms with Gasteiger partial charge in [-0.25, -0.2) is 0 Å². The second kappa shape index (κ2) is 12.3. The van der Waals surface area contributed by atoms with Crippen molar-refractivity contribution in [3.8, 4) is 0 Å². The fourth-order valence-electron chi connectivity index (χ4n) is 2.71. The zero-order valence-electron chi connectivity index (χ0n) is 16.3. The number of hydrogen-bond acceptors (Lipinski definition) is 2. The van der Waals surface area contributed by atoms with Crippen molar-refractivity contribution in [3.05, 3.63) is 40.0 Å². The Hall–Kier alpha value is -1.09. The summed E-state index contributed by atoms with van der Waals surface area (Å²) >= 11 is 3.64. The van der Waals surface area contributed by atoms with Crippen LogP contribution in [0.25, 0.3) is 0 Å². The molecule has 0 unspecified atom stereocenters. The van der Waals surface area contributed by atoms with Gasteiger partial charge >= 0.3 is 0 Å². The number of carbonyl (C=O) groups excluding carboxylic acids is 1. The molecule has 24 heavy (non-hydrogen) atoms. The third kappa shape index (κ3) is 6.08. The predicted molar refractivity (Wildman–Crippen MR) is 111 cm³/mol. The smallest absolute Gasteiger partial charge is 0.162 e. The third-order valence-electron chi connectivity index (χ3n) is 3.78. The number of unbranched alkanes of at least 4 members (excludes halogenated alkanes) is 1. The lowest BCUT2D eigenvalue weighted by molar-refractivity contribution is 0.0979. The van der Waals surface area contributed by atoms with E-state index in [0.717, 1.165) is 48.0 Å². The van der Waals surface area contributed by atoms with Crippen molar-refractivity contribution in [2.45, 2.75) is 73.6 Å². The molecule has 0 radical (unpaired) electrons. The highest BCUT2D eigenvalue weighted by atomic mass is 79.9. The van der Waals surface area contributed by atoms with E-state index in [1.807, 2.05) is 40.7 Å². The summed E-state index contributed by atoms with van der Waals surface area (Å²) in [5.41, 5.74) is 4.34. The Kier molecular flexibility index (Phi) is 11.7. The first-order valence-corrected chi connectivity index (χ1v) is 10.1. The average molecular weight is 396 g/mol. The highest BCUT2D eigenvalue weighted by Gasteiger charge is 2.22. The molecule has 2 rings (SSSR count). The minimum Gasteiger partial charge on any atom is -0.345 e. The number of carbonyl (C=O) groups is 1. The van der Waals surface area contributed by atoms with Gasteiger partial charge in [-0.05, 0) is 59.8 Å².